The third kappa shape index (κ3) is 2.54. The first kappa shape index (κ1) is 14.8. The topological polar surface area (TPSA) is 46.6 Å². The van der Waals surface area contributed by atoms with Crippen molar-refractivity contribution in [2.75, 3.05) is 18.6 Å². The lowest BCUT2D eigenvalue weighted by molar-refractivity contribution is -0.148. The summed E-state index contributed by atoms with van der Waals surface area (Å²) in [5.41, 5.74) is 3.01. The lowest BCUT2D eigenvalue weighted by Gasteiger charge is -2.23. The lowest BCUT2D eigenvalue weighted by Crippen LogP contribution is -2.25. The van der Waals surface area contributed by atoms with Crippen molar-refractivity contribution in [3.8, 4) is 0 Å². The van der Waals surface area contributed by atoms with Crippen LogP contribution in [-0.2, 0) is 19.7 Å². The fraction of sp³-hybridized carbons (Fsp3) is 0.444. The highest BCUT2D eigenvalue weighted by Crippen LogP contribution is 2.46. The van der Waals surface area contributed by atoms with Gasteiger partial charge in [-0.25, -0.2) is 0 Å². The molecule has 4 heteroatoms. The number of allylic oxidation sites excluding steroid dienone is 1. The van der Waals surface area contributed by atoms with Crippen molar-refractivity contribution < 1.29 is 14.3 Å². The Kier molecular flexibility index (Phi) is 3.55. The molecule has 4 nitrogen and oxygen atoms in total. The monoisotopic (exact) mass is 299 g/mol. The van der Waals surface area contributed by atoms with Gasteiger partial charge in [0.1, 0.15) is 0 Å². The summed E-state index contributed by atoms with van der Waals surface area (Å²) in [5, 5.41) is 0. The molecule has 0 bridgehead atoms. The number of likely N-dealkylation sites (N-methyl/N-ethyl adjacent to an activating group) is 1. The van der Waals surface area contributed by atoms with E-state index in [0.717, 1.165) is 24.2 Å². The van der Waals surface area contributed by atoms with E-state index in [0.29, 0.717) is 0 Å². The van der Waals surface area contributed by atoms with Crippen molar-refractivity contribution >= 4 is 17.4 Å². The quantitative estimate of drug-likeness (QED) is 0.633. The van der Waals surface area contributed by atoms with Crippen LogP contribution in [-0.4, -0.2) is 25.4 Å². The largest absolute Gasteiger partial charge is 0.457 e. The van der Waals surface area contributed by atoms with Gasteiger partial charge >= 0.3 is 5.97 Å². The fourth-order valence-electron chi connectivity index (χ4n) is 3.03. The number of rotatable bonds is 4. The van der Waals surface area contributed by atoms with Gasteiger partial charge in [0.15, 0.2) is 12.4 Å². The first-order valence-electron chi connectivity index (χ1n) is 7.66. The molecular formula is C18H21NO3. The van der Waals surface area contributed by atoms with Gasteiger partial charge in [-0.15, -0.1) is 0 Å². The standard InChI is InChI=1S/C18H21NO3/c1-18(2)14-6-4-5-7-15(14)19(3)16(18)10-13(20)11-22-17(21)12-8-9-12/h4-7,10,12H,8-9,11H2,1-3H3/b16-10+. The SMILES string of the molecule is CN1/C(=C/C(=O)COC(=O)C2CC2)C(C)(C)c2ccccc21. The van der Waals surface area contributed by atoms with E-state index in [9.17, 15) is 9.59 Å². The molecule has 116 valence electrons. The Balaban J connectivity index is 1.76. The van der Waals surface area contributed by atoms with E-state index in [2.05, 4.69) is 26.0 Å². The molecular weight excluding hydrogens is 278 g/mol. The maximum absolute atomic E-state index is 12.2. The molecule has 22 heavy (non-hydrogen) atoms. The van der Waals surface area contributed by atoms with Crippen molar-refractivity contribution in [3.05, 3.63) is 41.6 Å². The molecule has 2 aliphatic rings. The van der Waals surface area contributed by atoms with Crippen LogP contribution in [0.1, 0.15) is 32.3 Å². The minimum atomic E-state index is -0.242. The highest BCUT2D eigenvalue weighted by atomic mass is 16.5. The van der Waals surface area contributed by atoms with Gasteiger partial charge in [0, 0.05) is 29.9 Å². The maximum Gasteiger partial charge on any atom is 0.309 e. The smallest absolute Gasteiger partial charge is 0.309 e. The Morgan fingerprint density at radius 2 is 2.00 bits per heavy atom. The summed E-state index contributed by atoms with van der Waals surface area (Å²) < 4.78 is 5.07. The predicted molar refractivity (Wildman–Crippen MR) is 84.6 cm³/mol. The second-order valence-electron chi connectivity index (χ2n) is 6.58. The van der Waals surface area contributed by atoms with Crippen LogP contribution in [0, 0.1) is 5.92 Å². The summed E-state index contributed by atoms with van der Waals surface area (Å²) in [4.78, 5) is 25.7. The Bertz CT molecular complexity index is 656. The normalized spacial score (nSPS) is 20.9. The third-order valence-electron chi connectivity index (χ3n) is 4.51. The van der Waals surface area contributed by atoms with E-state index >= 15 is 0 Å². The third-order valence-corrected chi connectivity index (χ3v) is 4.51. The average Bonchev–Trinajstić information content (AvgIpc) is 3.31. The van der Waals surface area contributed by atoms with Gasteiger partial charge in [-0.1, -0.05) is 32.0 Å². The first-order valence-corrected chi connectivity index (χ1v) is 7.66. The zero-order chi connectivity index (χ0) is 15.9. The van der Waals surface area contributed by atoms with Gasteiger partial charge in [0.2, 0.25) is 0 Å². The van der Waals surface area contributed by atoms with Gasteiger partial charge in [-0.2, -0.15) is 0 Å². The number of para-hydroxylation sites is 1. The molecule has 1 aliphatic heterocycles. The van der Waals surface area contributed by atoms with Crippen LogP contribution in [0.5, 0.6) is 0 Å². The molecule has 0 N–H and O–H groups in total. The molecule has 1 aromatic rings. The molecule has 1 aromatic carbocycles. The van der Waals surface area contributed by atoms with Crippen LogP contribution < -0.4 is 4.90 Å². The minimum Gasteiger partial charge on any atom is -0.457 e. The second kappa shape index (κ2) is 5.27. The van der Waals surface area contributed by atoms with Gasteiger partial charge in [-0.05, 0) is 24.5 Å². The minimum absolute atomic E-state index is 0.0234. The Morgan fingerprint density at radius 3 is 2.64 bits per heavy atom. The van der Waals surface area contributed by atoms with Crippen LogP contribution in [0.2, 0.25) is 0 Å². The number of ether oxygens (including phenoxy) is 1. The van der Waals surface area contributed by atoms with Crippen LogP contribution in [0.3, 0.4) is 0 Å². The van der Waals surface area contributed by atoms with Crippen LogP contribution in [0.4, 0.5) is 5.69 Å². The molecule has 0 radical (unpaired) electrons. The van der Waals surface area contributed by atoms with Crippen molar-refractivity contribution in [2.45, 2.75) is 32.1 Å². The first-order chi connectivity index (χ1) is 10.4. The van der Waals surface area contributed by atoms with Crippen molar-refractivity contribution in [3.63, 3.8) is 0 Å². The predicted octanol–water partition coefficient (Wildman–Crippen LogP) is 2.82. The average molecular weight is 299 g/mol. The molecule has 1 fully saturated rings. The molecule has 0 saturated heterocycles. The van der Waals surface area contributed by atoms with E-state index in [4.69, 9.17) is 4.74 Å². The summed E-state index contributed by atoms with van der Waals surface area (Å²) in [6, 6.07) is 8.14. The number of anilines is 1. The molecule has 1 heterocycles. The van der Waals surface area contributed by atoms with E-state index < -0.39 is 0 Å². The molecule has 1 saturated carbocycles. The van der Waals surface area contributed by atoms with Gasteiger partial charge in [0.25, 0.3) is 0 Å². The number of carbonyl (C=O) groups excluding carboxylic acids is 2. The maximum atomic E-state index is 12.2. The molecule has 0 spiro atoms. The highest BCUT2D eigenvalue weighted by Gasteiger charge is 2.38. The lowest BCUT2D eigenvalue weighted by atomic mass is 9.83. The number of hydrogen-bond donors (Lipinski definition) is 0. The summed E-state index contributed by atoms with van der Waals surface area (Å²) in [5.74, 6) is -0.388. The molecule has 0 aromatic heterocycles. The van der Waals surface area contributed by atoms with E-state index in [1.807, 2.05) is 24.1 Å². The summed E-state index contributed by atoms with van der Waals surface area (Å²) >= 11 is 0. The number of carbonyl (C=O) groups is 2. The number of hydrogen-bond acceptors (Lipinski definition) is 4. The molecule has 0 amide bonds. The van der Waals surface area contributed by atoms with Crippen molar-refractivity contribution in [1.29, 1.82) is 0 Å². The molecule has 0 atom stereocenters. The van der Waals surface area contributed by atoms with Crippen molar-refractivity contribution in [2.24, 2.45) is 5.92 Å². The number of esters is 1. The van der Waals surface area contributed by atoms with E-state index in [1.54, 1.807) is 6.08 Å². The van der Waals surface area contributed by atoms with Crippen LogP contribution >= 0.6 is 0 Å². The molecule has 3 rings (SSSR count). The number of benzene rings is 1. The Morgan fingerprint density at radius 1 is 1.32 bits per heavy atom. The highest BCUT2D eigenvalue weighted by molar-refractivity contribution is 5.94. The number of nitrogens with zero attached hydrogens (tertiary/aromatic N) is 1. The summed E-state index contributed by atoms with van der Waals surface area (Å²) in [6.45, 7) is 4.04. The van der Waals surface area contributed by atoms with E-state index in [1.165, 1.54) is 5.56 Å². The molecule has 1 aliphatic carbocycles. The number of ketones is 1. The van der Waals surface area contributed by atoms with Gasteiger partial charge < -0.3 is 9.64 Å². The second-order valence-corrected chi connectivity index (χ2v) is 6.58. The fourth-order valence-corrected chi connectivity index (χ4v) is 3.03. The summed E-state index contributed by atoms with van der Waals surface area (Å²) in [6.07, 6.45) is 3.39. The van der Waals surface area contributed by atoms with Gasteiger partial charge in [-0.3, -0.25) is 9.59 Å². The van der Waals surface area contributed by atoms with E-state index in [-0.39, 0.29) is 29.7 Å². The zero-order valence-electron chi connectivity index (χ0n) is 13.3. The van der Waals surface area contributed by atoms with Gasteiger partial charge in [0.05, 0.1) is 5.92 Å². The zero-order valence-corrected chi connectivity index (χ0v) is 13.3. The Hall–Kier alpha value is -2.10. The summed E-state index contributed by atoms with van der Waals surface area (Å²) in [7, 11) is 1.96. The van der Waals surface area contributed by atoms with Crippen molar-refractivity contribution in [1.82, 2.24) is 0 Å². The number of fused-ring (bicyclic) bond motifs is 1. The Labute approximate surface area is 130 Å². The van der Waals surface area contributed by atoms with Crippen LogP contribution in [0.25, 0.3) is 0 Å². The molecule has 0 unspecified atom stereocenters. The van der Waals surface area contributed by atoms with Crippen LogP contribution in [0.15, 0.2) is 36.0 Å².